The number of nitrogens with one attached hydrogen (secondary N) is 4. The highest BCUT2D eigenvalue weighted by molar-refractivity contribution is 5.89. The summed E-state index contributed by atoms with van der Waals surface area (Å²) in [5, 5.41) is 7.51. The van der Waals surface area contributed by atoms with Gasteiger partial charge in [-0.05, 0) is 93.2 Å². The lowest BCUT2D eigenvalue weighted by Crippen LogP contribution is -2.54. The summed E-state index contributed by atoms with van der Waals surface area (Å²) in [5.74, 6) is 7.67. The van der Waals surface area contributed by atoms with Crippen molar-refractivity contribution in [3.63, 3.8) is 0 Å². The van der Waals surface area contributed by atoms with Crippen molar-refractivity contribution in [2.24, 2.45) is 5.92 Å². The summed E-state index contributed by atoms with van der Waals surface area (Å²) in [7, 11) is 4.07. The van der Waals surface area contributed by atoms with Gasteiger partial charge in [-0.3, -0.25) is 9.59 Å². The number of aromatic amines is 2. The van der Waals surface area contributed by atoms with Crippen molar-refractivity contribution in [2.45, 2.75) is 95.5 Å². The van der Waals surface area contributed by atoms with Crippen LogP contribution in [0.15, 0.2) is 42.6 Å². The van der Waals surface area contributed by atoms with Crippen LogP contribution in [0.1, 0.15) is 99.0 Å². The number of carbonyl (C=O) groups is 4. The summed E-state index contributed by atoms with van der Waals surface area (Å²) < 4.78 is 15.0. The van der Waals surface area contributed by atoms with Crippen LogP contribution in [0.2, 0.25) is 0 Å². The van der Waals surface area contributed by atoms with Gasteiger partial charge >= 0.3 is 12.2 Å². The number of hydrogen-bond acceptors (Lipinski definition) is 9. The van der Waals surface area contributed by atoms with E-state index in [1.54, 1.807) is 18.0 Å². The van der Waals surface area contributed by atoms with Crippen LogP contribution in [-0.2, 0) is 23.8 Å². The Hall–Kier alpha value is -5.88. The predicted octanol–water partition coefficient (Wildman–Crippen LogP) is 5.66. The molecule has 2 aliphatic heterocycles. The number of amides is 4. The molecule has 0 radical (unpaired) electrons. The average molecular weight is 793 g/mol. The van der Waals surface area contributed by atoms with Gasteiger partial charge < -0.3 is 44.6 Å². The van der Waals surface area contributed by atoms with Gasteiger partial charge in [0.1, 0.15) is 29.4 Å². The fourth-order valence-electron chi connectivity index (χ4n) is 8.58. The highest BCUT2D eigenvalue weighted by Crippen LogP contribution is 2.36. The molecule has 4 N–H and O–H groups in total. The molecule has 3 fully saturated rings. The molecular formula is C43H52N8O7. The van der Waals surface area contributed by atoms with E-state index in [1.807, 2.05) is 36.1 Å². The normalized spacial score (nSPS) is 19.7. The number of aromatic nitrogens is 4. The highest BCUT2D eigenvalue weighted by Gasteiger charge is 2.41. The van der Waals surface area contributed by atoms with Crippen LogP contribution in [0.5, 0.6) is 0 Å². The Morgan fingerprint density at radius 3 is 2.16 bits per heavy atom. The Morgan fingerprint density at radius 2 is 1.45 bits per heavy atom. The van der Waals surface area contributed by atoms with E-state index in [4.69, 9.17) is 19.2 Å². The number of nitrogens with zero attached hydrogens (tertiary/aromatic N) is 4. The molecule has 4 heterocycles. The number of benzene rings is 2. The Balaban J connectivity index is 1.04. The zero-order chi connectivity index (χ0) is 40.9. The van der Waals surface area contributed by atoms with Crippen molar-refractivity contribution in [2.75, 3.05) is 34.4 Å². The van der Waals surface area contributed by atoms with Gasteiger partial charge in [0.25, 0.3) is 0 Å². The second-order valence-electron chi connectivity index (χ2n) is 15.4. The molecule has 15 nitrogen and oxygen atoms in total. The van der Waals surface area contributed by atoms with E-state index in [9.17, 15) is 19.2 Å². The number of likely N-dealkylation sites (tertiary alicyclic amines) is 2. The summed E-state index contributed by atoms with van der Waals surface area (Å²) in [5.41, 5.74) is 4.08. The second-order valence-corrected chi connectivity index (χ2v) is 15.4. The van der Waals surface area contributed by atoms with Gasteiger partial charge in [-0.15, -0.1) is 0 Å². The van der Waals surface area contributed by atoms with Crippen molar-refractivity contribution in [1.82, 2.24) is 40.4 Å². The smallest absolute Gasteiger partial charge is 0.407 e. The third-order valence-corrected chi connectivity index (χ3v) is 11.8. The minimum atomic E-state index is -0.901. The van der Waals surface area contributed by atoms with Gasteiger partial charge in [-0.1, -0.05) is 37.0 Å². The fraction of sp³-hybridized carbons (Fsp3) is 0.488. The molecule has 306 valence electrons. The van der Waals surface area contributed by atoms with E-state index >= 15 is 0 Å². The Labute approximate surface area is 338 Å². The van der Waals surface area contributed by atoms with Crippen LogP contribution in [-0.4, -0.2) is 106 Å². The Bertz CT molecular complexity index is 2220. The molecule has 15 heteroatoms. The number of hydrogen-bond donors (Lipinski definition) is 4. The molecule has 2 aromatic heterocycles. The van der Waals surface area contributed by atoms with Gasteiger partial charge in [0, 0.05) is 37.0 Å². The van der Waals surface area contributed by atoms with Crippen molar-refractivity contribution in [1.29, 1.82) is 0 Å². The van der Waals surface area contributed by atoms with Crippen molar-refractivity contribution >= 4 is 34.8 Å². The lowest BCUT2D eigenvalue weighted by molar-refractivity contribution is -0.137. The van der Waals surface area contributed by atoms with E-state index < -0.39 is 30.4 Å². The number of H-pyrrole nitrogens is 2. The maximum absolute atomic E-state index is 13.9. The van der Waals surface area contributed by atoms with Gasteiger partial charge in [-0.25, -0.2) is 19.6 Å². The van der Waals surface area contributed by atoms with Crippen molar-refractivity contribution < 1.29 is 33.4 Å². The SMILES string of the molecule is COC(=O)N[C@H](C(=O)N1CCC[C@H]1c1nc(C#Cc2ccc3cc(-c4cnc([C@@H]5CCCN5C(=O)[C@@H](NC(=O)OC)[C@@H](C)OC)[nH]4)ccc3c2)c(C)[nH]1)C1CCCC1. The molecule has 0 unspecified atom stereocenters. The minimum Gasteiger partial charge on any atom is -0.453 e. The number of fused-ring (bicyclic) bond motifs is 1. The van der Waals surface area contributed by atoms with Crippen molar-refractivity contribution in [3.05, 3.63) is 71.2 Å². The third kappa shape index (κ3) is 8.52. The zero-order valence-electron chi connectivity index (χ0n) is 33.7. The molecule has 5 atom stereocenters. The molecule has 4 amide bonds. The van der Waals surface area contributed by atoms with E-state index in [0.29, 0.717) is 30.4 Å². The van der Waals surface area contributed by atoms with Crippen LogP contribution in [0.25, 0.3) is 22.0 Å². The molecule has 0 spiro atoms. The van der Waals surface area contributed by atoms with Crippen LogP contribution in [0.4, 0.5) is 9.59 Å². The van der Waals surface area contributed by atoms with Gasteiger partial charge in [0.05, 0.1) is 44.3 Å². The summed E-state index contributed by atoms with van der Waals surface area (Å²) in [4.78, 5) is 71.8. The zero-order valence-corrected chi connectivity index (χ0v) is 33.7. The highest BCUT2D eigenvalue weighted by atomic mass is 16.5. The molecule has 4 aromatic rings. The molecular weight excluding hydrogens is 741 g/mol. The van der Waals surface area contributed by atoms with Crippen LogP contribution in [0.3, 0.4) is 0 Å². The number of ether oxygens (including phenoxy) is 3. The number of methoxy groups -OCH3 is 3. The number of aryl methyl sites for hydroxylation is 1. The van der Waals surface area contributed by atoms with Gasteiger partial charge in [0.2, 0.25) is 11.8 Å². The number of alkyl carbamates (subject to hydrolysis) is 2. The summed E-state index contributed by atoms with van der Waals surface area (Å²) in [6, 6.07) is 10.2. The number of imidazole rings is 2. The quantitative estimate of drug-likeness (QED) is 0.147. The van der Waals surface area contributed by atoms with Gasteiger partial charge in [-0.2, -0.15) is 0 Å². The van der Waals surface area contributed by atoms with E-state index in [0.717, 1.165) is 84.7 Å². The molecule has 2 aromatic carbocycles. The standard InChI is InChI=1S/C43H52N8O7/c1-25-32(46-39(45-25)35-13-9-21-51(35)41(53)37(49-43(55)58-5)28-10-6-7-11-28)19-15-27-14-16-30-23-31(18-17-29(30)22-27)33-24-44-38(47-33)34-12-8-20-50(34)40(52)36(26(2)56-3)48-42(54)57-4/h14,16-18,22-24,26,28,34-37H,6-13,20-21H2,1-5H3,(H,44,47)(H,45,46)(H,48,54)(H,49,55)/t26-,34+,35+,36+,37+/m1/s1. The molecule has 3 aliphatic rings. The third-order valence-electron chi connectivity index (χ3n) is 11.8. The first-order valence-electron chi connectivity index (χ1n) is 20.1. The monoisotopic (exact) mass is 792 g/mol. The van der Waals surface area contributed by atoms with Crippen molar-refractivity contribution in [3.8, 4) is 23.1 Å². The first-order valence-corrected chi connectivity index (χ1v) is 20.1. The number of carbonyl (C=O) groups excluding carboxylic acids is 4. The van der Waals surface area contributed by atoms with E-state index in [-0.39, 0.29) is 29.8 Å². The maximum atomic E-state index is 13.9. The molecule has 1 aliphatic carbocycles. The Kier molecular flexibility index (Phi) is 12.3. The van der Waals surface area contributed by atoms with E-state index in [2.05, 4.69) is 49.6 Å². The van der Waals surface area contributed by atoms with Crippen LogP contribution >= 0.6 is 0 Å². The molecule has 2 saturated heterocycles. The first-order chi connectivity index (χ1) is 28.1. The minimum absolute atomic E-state index is 0.0846. The van der Waals surface area contributed by atoms with E-state index in [1.165, 1.54) is 21.3 Å². The lowest BCUT2D eigenvalue weighted by Gasteiger charge is -2.31. The molecule has 7 rings (SSSR count). The lowest BCUT2D eigenvalue weighted by atomic mass is 9.96. The number of rotatable bonds is 10. The Morgan fingerprint density at radius 1 is 0.793 bits per heavy atom. The fourth-order valence-corrected chi connectivity index (χ4v) is 8.58. The topological polar surface area (TPSA) is 184 Å². The molecule has 0 bridgehead atoms. The second kappa shape index (κ2) is 17.7. The van der Waals surface area contributed by atoms with Crippen LogP contribution in [0, 0.1) is 24.7 Å². The summed E-state index contributed by atoms with van der Waals surface area (Å²) in [6.07, 6.45) is 7.01. The average Bonchev–Trinajstić information content (AvgIpc) is 4.10. The summed E-state index contributed by atoms with van der Waals surface area (Å²) in [6.45, 7) is 4.81. The predicted molar refractivity (Wildman–Crippen MR) is 215 cm³/mol. The largest absolute Gasteiger partial charge is 0.453 e. The first kappa shape index (κ1) is 40.3. The summed E-state index contributed by atoms with van der Waals surface area (Å²) >= 11 is 0. The molecule has 58 heavy (non-hydrogen) atoms. The maximum Gasteiger partial charge on any atom is 0.407 e. The molecule has 1 saturated carbocycles. The van der Waals surface area contributed by atoms with Gasteiger partial charge in [0.15, 0.2) is 0 Å². The van der Waals surface area contributed by atoms with Crippen LogP contribution < -0.4 is 10.6 Å².